The zero-order valence-corrected chi connectivity index (χ0v) is 9.06. The molecule has 1 aliphatic rings. The number of anilines is 1. The van der Waals surface area contributed by atoms with Gasteiger partial charge in [-0.1, -0.05) is 0 Å². The lowest BCUT2D eigenvalue weighted by atomic mass is 10.1. The van der Waals surface area contributed by atoms with Gasteiger partial charge in [0, 0.05) is 6.07 Å². The molecule has 2 N–H and O–H groups in total. The summed E-state index contributed by atoms with van der Waals surface area (Å²) in [7, 11) is 0. The van der Waals surface area contributed by atoms with Crippen molar-refractivity contribution in [2.45, 2.75) is 12.5 Å². The number of carbonyl (C=O) groups is 2. The number of aliphatic hydroxyl groups is 1. The maximum Gasteiger partial charge on any atom is 0.338 e. The van der Waals surface area contributed by atoms with E-state index in [1.54, 1.807) is 0 Å². The highest BCUT2D eigenvalue weighted by molar-refractivity contribution is 5.97. The first-order chi connectivity index (χ1) is 8.40. The Morgan fingerprint density at radius 1 is 1.33 bits per heavy atom. The second-order valence-electron chi connectivity index (χ2n) is 3.95. The van der Waals surface area contributed by atoms with Gasteiger partial charge in [-0.25, -0.2) is 13.6 Å². The first-order valence-corrected chi connectivity index (χ1v) is 5.11. The molecular weight excluding hydrogens is 248 g/mol. The number of benzene rings is 1. The molecule has 5 nitrogen and oxygen atoms in total. The quantitative estimate of drug-likeness (QED) is 0.820. The van der Waals surface area contributed by atoms with E-state index in [1.165, 1.54) is 0 Å². The topological polar surface area (TPSA) is 77.8 Å². The van der Waals surface area contributed by atoms with Gasteiger partial charge in [-0.2, -0.15) is 0 Å². The van der Waals surface area contributed by atoms with Crippen LogP contribution in [0.3, 0.4) is 0 Å². The first kappa shape index (κ1) is 12.4. The zero-order chi connectivity index (χ0) is 13.4. The van der Waals surface area contributed by atoms with Crippen molar-refractivity contribution in [3.63, 3.8) is 0 Å². The van der Waals surface area contributed by atoms with Crippen LogP contribution in [0.2, 0.25) is 0 Å². The van der Waals surface area contributed by atoms with E-state index in [2.05, 4.69) is 0 Å². The maximum atomic E-state index is 13.6. The predicted molar refractivity (Wildman–Crippen MR) is 56.3 cm³/mol. The number of halogens is 2. The SMILES string of the molecule is O=C(O)c1cc(F)c(N2CC(O)CC2=O)cc1F. The van der Waals surface area contributed by atoms with Crippen LogP contribution in [0.1, 0.15) is 16.8 Å². The molecule has 0 radical (unpaired) electrons. The van der Waals surface area contributed by atoms with Crippen LogP contribution >= 0.6 is 0 Å². The van der Waals surface area contributed by atoms with E-state index in [-0.39, 0.29) is 18.7 Å². The second-order valence-corrected chi connectivity index (χ2v) is 3.95. The summed E-state index contributed by atoms with van der Waals surface area (Å²) < 4.78 is 27.0. The van der Waals surface area contributed by atoms with Gasteiger partial charge in [-0.15, -0.1) is 0 Å². The molecule has 7 heteroatoms. The number of carbonyl (C=O) groups excluding carboxylic acids is 1. The van der Waals surface area contributed by atoms with Crippen LogP contribution in [-0.4, -0.2) is 34.7 Å². The van der Waals surface area contributed by atoms with E-state index >= 15 is 0 Å². The molecule has 1 unspecified atom stereocenters. The minimum atomic E-state index is -1.59. The summed E-state index contributed by atoms with van der Waals surface area (Å²) in [4.78, 5) is 22.9. The fraction of sp³-hybridized carbons (Fsp3) is 0.273. The monoisotopic (exact) mass is 257 g/mol. The van der Waals surface area contributed by atoms with Crippen molar-refractivity contribution in [3.8, 4) is 0 Å². The Labute approximate surface area is 100 Å². The molecule has 1 heterocycles. The molecular formula is C11H9F2NO4. The molecule has 96 valence electrons. The van der Waals surface area contributed by atoms with Gasteiger partial charge in [-0.3, -0.25) is 4.79 Å². The van der Waals surface area contributed by atoms with Gasteiger partial charge in [-0.05, 0) is 6.07 Å². The molecule has 18 heavy (non-hydrogen) atoms. The summed E-state index contributed by atoms with van der Waals surface area (Å²) >= 11 is 0. The van der Waals surface area contributed by atoms with Crippen LogP contribution in [0, 0.1) is 11.6 Å². The molecule has 0 aromatic heterocycles. The normalized spacial score (nSPS) is 19.4. The number of aromatic carboxylic acids is 1. The molecule has 1 amide bonds. The van der Waals surface area contributed by atoms with Gasteiger partial charge in [0.25, 0.3) is 0 Å². The molecule has 0 spiro atoms. The van der Waals surface area contributed by atoms with Gasteiger partial charge in [0.2, 0.25) is 5.91 Å². The molecule has 1 saturated heterocycles. The smallest absolute Gasteiger partial charge is 0.338 e. The Kier molecular flexibility index (Phi) is 3.00. The molecule has 1 aromatic carbocycles. The average Bonchev–Trinajstić information content (AvgIpc) is 2.60. The van der Waals surface area contributed by atoms with Crippen molar-refractivity contribution in [3.05, 3.63) is 29.3 Å². The van der Waals surface area contributed by atoms with Crippen LogP contribution in [0.5, 0.6) is 0 Å². The lowest BCUT2D eigenvalue weighted by Gasteiger charge is -2.17. The highest BCUT2D eigenvalue weighted by Crippen LogP contribution is 2.27. The molecule has 0 saturated carbocycles. The standard InChI is InChI=1S/C11H9F2NO4/c12-7-3-9(8(13)2-6(7)11(17)18)14-4-5(15)1-10(14)16/h2-3,5,15H,1,4H2,(H,17,18). The number of carboxylic acids is 1. The maximum absolute atomic E-state index is 13.6. The number of β-amino-alcohol motifs (C(OH)–C–C–N with tert-alkyl or cyclic N) is 1. The van der Waals surface area contributed by atoms with E-state index < -0.39 is 35.2 Å². The first-order valence-electron chi connectivity index (χ1n) is 5.11. The fourth-order valence-corrected chi connectivity index (χ4v) is 1.83. The number of amides is 1. The highest BCUT2D eigenvalue weighted by Gasteiger charge is 2.31. The Bertz CT molecular complexity index is 532. The molecule has 1 atom stereocenters. The summed E-state index contributed by atoms with van der Waals surface area (Å²) in [5, 5.41) is 17.9. The van der Waals surface area contributed by atoms with E-state index in [0.717, 1.165) is 4.90 Å². The van der Waals surface area contributed by atoms with Crippen LogP contribution in [-0.2, 0) is 4.79 Å². The minimum absolute atomic E-state index is 0.137. The van der Waals surface area contributed by atoms with E-state index in [9.17, 15) is 23.5 Å². The van der Waals surface area contributed by atoms with Crippen molar-refractivity contribution in [1.82, 2.24) is 0 Å². The molecule has 2 rings (SSSR count). The summed E-state index contributed by atoms with van der Waals surface area (Å²) in [6, 6.07) is 1.17. The largest absolute Gasteiger partial charge is 0.478 e. The number of aliphatic hydroxyl groups excluding tert-OH is 1. The van der Waals surface area contributed by atoms with E-state index in [4.69, 9.17) is 5.11 Å². The van der Waals surface area contributed by atoms with Crippen molar-refractivity contribution in [2.24, 2.45) is 0 Å². The Morgan fingerprint density at radius 3 is 2.50 bits per heavy atom. The lowest BCUT2D eigenvalue weighted by molar-refractivity contribution is -0.117. The number of rotatable bonds is 2. The van der Waals surface area contributed by atoms with Gasteiger partial charge >= 0.3 is 5.97 Å². The average molecular weight is 257 g/mol. The van der Waals surface area contributed by atoms with Gasteiger partial charge in [0.15, 0.2) is 0 Å². The summed E-state index contributed by atoms with van der Waals surface area (Å²) in [5.74, 6) is -4.28. The number of carboxylic acid groups (broad SMARTS) is 1. The van der Waals surface area contributed by atoms with Crippen molar-refractivity contribution in [1.29, 1.82) is 0 Å². The number of nitrogens with zero attached hydrogens (tertiary/aromatic N) is 1. The van der Waals surface area contributed by atoms with Crippen LogP contribution in [0.25, 0.3) is 0 Å². The fourth-order valence-electron chi connectivity index (χ4n) is 1.83. The summed E-state index contributed by atoms with van der Waals surface area (Å²) in [6.45, 7) is -0.137. The molecule has 0 bridgehead atoms. The van der Waals surface area contributed by atoms with Crippen molar-refractivity contribution >= 4 is 17.6 Å². The van der Waals surface area contributed by atoms with Gasteiger partial charge < -0.3 is 15.1 Å². The predicted octanol–water partition coefficient (Wildman–Crippen LogP) is 0.761. The Morgan fingerprint density at radius 2 is 2.00 bits per heavy atom. The van der Waals surface area contributed by atoms with Crippen molar-refractivity contribution < 1.29 is 28.6 Å². The second kappa shape index (κ2) is 4.34. The van der Waals surface area contributed by atoms with Gasteiger partial charge in [0.05, 0.1) is 30.3 Å². The van der Waals surface area contributed by atoms with E-state index in [1.807, 2.05) is 0 Å². The number of hydrogen-bond acceptors (Lipinski definition) is 3. The van der Waals surface area contributed by atoms with Crippen LogP contribution in [0.15, 0.2) is 12.1 Å². The molecule has 1 fully saturated rings. The zero-order valence-electron chi connectivity index (χ0n) is 9.06. The lowest BCUT2D eigenvalue weighted by Crippen LogP contribution is -2.26. The van der Waals surface area contributed by atoms with Gasteiger partial charge in [0.1, 0.15) is 11.6 Å². The Hall–Kier alpha value is -2.02. The van der Waals surface area contributed by atoms with Crippen LogP contribution < -0.4 is 4.90 Å². The number of hydrogen-bond donors (Lipinski definition) is 2. The molecule has 1 aliphatic heterocycles. The molecule has 1 aromatic rings. The van der Waals surface area contributed by atoms with E-state index in [0.29, 0.717) is 12.1 Å². The van der Waals surface area contributed by atoms with Crippen LogP contribution in [0.4, 0.5) is 14.5 Å². The third kappa shape index (κ3) is 2.04. The third-order valence-electron chi connectivity index (χ3n) is 2.66. The minimum Gasteiger partial charge on any atom is -0.478 e. The highest BCUT2D eigenvalue weighted by atomic mass is 19.1. The Balaban J connectivity index is 2.44. The van der Waals surface area contributed by atoms with Crippen molar-refractivity contribution in [2.75, 3.05) is 11.4 Å². The molecule has 0 aliphatic carbocycles. The summed E-state index contributed by atoms with van der Waals surface area (Å²) in [5.41, 5.74) is -1.16. The summed E-state index contributed by atoms with van der Waals surface area (Å²) in [6.07, 6.45) is -1.10. The third-order valence-corrected chi connectivity index (χ3v) is 2.66.